The van der Waals surface area contributed by atoms with Crippen LogP contribution in [0.25, 0.3) is 5.70 Å². The van der Waals surface area contributed by atoms with Gasteiger partial charge in [0, 0.05) is 29.7 Å². The Morgan fingerprint density at radius 2 is 1.81 bits per heavy atom. The van der Waals surface area contributed by atoms with Gasteiger partial charge in [-0.05, 0) is 80.9 Å². The fraction of sp³-hybridized carbons (Fsp3) is 0.481. The predicted octanol–water partition coefficient (Wildman–Crippen LogP) is 5.41. The average molecular weight is 447 g/mol. The third-order valence-electron chi connectivity index (χ3n) is 7.42. The van der Waals surface area contributed by atoms with Gasteiger partial charge in [-0.25, -0.2) is 0 Å². The maximum absolute atomic E-state index is 5.99. The summed E-state index contributed by atoms with van der Waals surface area (Å²) in [5.41, 5.74) is 13.3. The summed E-state index contributed by atoms with van der Waals surface area (Å²) in [6.07, 6.45) is 10.4. The van der Waals surface area contributed by atoms with Gasteiger partial charge >= 0.3 is 0 Å². The highest BCUT2D eigenvalue weighted by atomic mass is 32.2. The Bertz CT molecular complexity index is 1010. The van der Waals surface area contributed by atoms with Gasteiger partial charge < -0.3 is 20.4 Å². The quantitative estimate of drug-likeness (QED) is 0.615. The Morgan fingerprint density at radius 1 is 0.969 bits per heavy atom. The number of fused-ring (bicyclic) bond motifs is 3. The van der Waals surface area contributed by atoms with E-state index in [9.17, 15) is 0 Å². The van der Waals surface area contributed by atoms with Gasteiger partial charge in [0.1, 0.15) is 0 Å². The van der Waals surface area contributed by atoms with E-state index < -0.39 is 0 Å². The van der Waals surface area contributed by atoms with Crippen LogP contribution in [0.1, 0.15) is 61.1 Å². The van der Waals surface area contributed by atoms with E-state index >= 15 is 0 Å². The molecule has 1 atom stereocenters. The molecule has 1 unspecified atom stereocenters. The number of para-hydroxylation sites is 1. The van der Waals surface area contributed by atoms with Gasteiger partial charge in [-0.2, -0.15) is 0 Å². The van der Waals surface area contributed by atoms with Gasteiger partial charge in [0.05, 0.1) is 11.4 Å². The lowest BCUT2D eigenvalue weighted by atomic mass is 9.97. The highest BCUT2D eigenvalue weighted by molar-refractivity contribution is 8.00. The number of benzene rings is 2. The molecule has 1 saturated carbocycles. The fourth-order valence-electron chi connectivity index (χ4n) is 5.54. The molecule has 3 aliphatic heterocycles. The summed E-state index contributed by atoms with van der Waals surface area (Å²) in [6, 6.07) is 15.8. The zero-order valence-electron chi connectivity index (χ0n) is 18.9. The van der Waals surface area contributed by atoms with Gasteiger partial charge in [0.2, 0.25) is 0 Å². The van der Waals surface area contributed by atoms with Crippen LogP contribution < -0.4 is 10.6 Å². The number of nitrogens with zero attached hydrogens (tertiary/aromatic N) is 3. The van der Waals surface area contributed by atoms with Crippen LogP contribution in [-0.4, -0.2) is 41.5 Å². The van der Waals surface area contributed by atoms with Crippen molar-refractivity contribution >= 4 is 23.1 Å². The van der Waals surface area contributed by atoms with E-state index in [-0.39, 0.29) is 0 Å². The van der Waals surface area contributed by atoms with Crippen LogP contribution in [0, 0.1) is 0 Å². The van der Waals surface area contributed by atoms with Crippen LogP contribution >= 0.6 is 11.8 Å². The SMILES string of the molecule is NCc1ccc(C2=CN3c4ccccc4SC3N2CCCN2CCCCC2)c(C2CC2)c1. The largest absolute Gasteiger partial charge is 0.340 e. The molecule has 4 nitrogen and oxygen atoms in total. The molecule has 6 rings (SSSR count). The molecule has 4 aliphatic rings. The number of piperidine rings is 1. The smallest absolute Gasteiger partial charge is 0.159 e. The van der Waals surface area contributed by atoms with Gasteiger partial charge in [-0.1, -0.05) is 48.5 Å². The summed E-state index contributed by atoms with van der Waals surface area (Å²) in [6.45, 7) is 5.51. The highest BCUT2D eigenvalue weighted by Gasteiger charge is 2.41. The first kappa shape index (κ1) is 20.6. The minimum atomic E-state index is 0.338. The standard InChI is InChI=1S/C27H34N4S/c28-18-20-9-12-22(23(17-20)21-10-11-21)25-19-31-24-7-2-3-8-26(24)32-27(31)30(25)16-6-15-29-13-4-1-5-14-29/h2-3,7-9,12,17,19,21,27H,1,4-6,10-11,13-16,18,28H2. The summed E-state index contributed by atoms with van der Waals surface area (Å²) < 4.78 is 0. The van der Waals surface area contributed by atoms with E-state index in [1.165, 1.54) is 91.1 Å². The number of likely N-dealkylation sites (tertiary alicyclic amines) is 1. The maximum atomic E-state index is 5.99. The maximum Gasteiger partial charge on any atom is 0.159 e. The summed E-state index contributed by atoms with van der Waals surface area (Å²) in [7, 11) is 0. The second-order valence-corrected chi connectivity index (χ2v) is 10.8. The van der Waals surface area contributed by atoms with Crippen LogP contribution in [0.2, 0.25) is 0 Å². The molecular weight excluding hydrogens is 412 g/mol. The number of nitrogens with two attached hydrogens (primary N) is 1. The minimum absolute atomic E-state index is 0.338. The van der Waals surface area contributed by atoms with Crippen LogP contribution in [0.5, 0.6) is 0 Å². The second kappa shape index (κ2) is 8.77. The molecule has 0 aromatic heterocycles. The average Bonchev–Trinajstić information content (AvgIpc) is 3.55. The molecule has 168 valence electrons. The third kappa shape index (κ3) is 3.85. The van der Waals surface area contributed by atoms with E-state index in [1.54, 1.807) is 0 Å². The minimum Gasteiger partial charge on any atom is -0.340 e. The molecule has 0 amide bonds. The fourth-order valence-corrected chi connectivity index (χ4v) is 6.85. The summed E-state index contributed by atoms with van der Waals surface area (Å²) in [5, 5.41) is 0. The van der Waals surface area contributed by atoms with Crippen LogP contribution in [0.4, 0.5) is 5.69 Å². The first-order chi connectivity index (χ1) is 15.8. The number of rotatable bonds is 7. The first-order valence-electron chi connectivity index (χ1n) is 12.4. The van der Waals surface area contributed by atoms with E-state index in [0.29, 0.717) is 18.0 Å². The number of hydrogen-bond donors (Lipinski definition) is 1. The molecular formula is C27H34N4S. The molecule has 2 fully saturated rings. The number of anilines is 1. The molecule has 2 aromatic carbocycles. The normalized spacial score (nSPS) is 22.8. The second-order valence-electron chi connectivity index (χ2n) is 9.68. The van der Waals surface area contributed by atoms with Crippen molar-refractivity contribution in [3.05, 3.63) is 65.4 Å². The molecule has 2 aromatic rings. The lowest BCUT2D eigenvalue weighted by molar-refractivity contribution is 0.217. The molecule has 1 aliphatic carbocycles. The molecule has 2 N–H and O–H groups in total. The van der Waals surface area contributed by atoms with Crippen molar-refractivity contribution in [2.24, 2.45) is 5.73 Å². The molecule has 1 saturated heterocycles. The molecule has 32 heavy (non-hydrogen) atoms. The van der Waals surface area contributed by atoms with Crippen molar-refractivity contribution in [3.63, 3.8) is 0 Å². The Hall–Kier alpha value is -1.95. The molecule has 0 radical (unpaired) electrons. The molecule has 3 heterocycles. The van der Waals surface area contributed by atoms with Crippen molar-refractivity contribution in [1.29, 1.82) is 0 Å². The molecule has 5 heteroatoms. The Balaban J connectivity index is 1.30. The Labute approximate surface area is 196 Å². The summed E-state index contributed by atoms with van der Waals surface area (Å²) >= 11 is 2.00. The molecule has 0 bridgehead atoms. The topological polar surface area (TPSA) is 35.7 Å². The third-order valence-corrected chi connectivity index (χ3v) is 8.71. The van der Waals surface area contributed by atoms with E-state index in [2.05, 4.69) is 63.4 Å². The van der Waals surface area contributed by atoms with Crippen molar-refractivity contribution in [3.8, 4) is 0 Å². The lowest BCUT2D eigenvalue weighted by Crippen LogP contribution is -2.37. The molecule has 0 spiro atoms. The van der Waals surface area contributed by atoms with E-state index in [1.807, 2.05) is 11.8 Å². The Morgan fingerprint density at radius 3 is 2.62 bits per heavy atom. The van der Waals surface area contributed by atoms with Crippen LogP contribution in [0.15, 0.2) is 53.6 Å². The van der Waals surface area contributed by atoms with Gasteiger partial charge in [0.15, 0.2) is 5.50 Å². The van der Waals surface area contributed by atoms with Gasteiger partial charge in [0.25, 0.3) is 0 Å². The summed E-state index contributed by atoms with van der Waals surface area (Å²) in [4.78, 5) is 9.25. The van der Waals surface area contributed by atoms with Crippen molar-refractivity contribution in [1.82, 2.24) is 9.80 Å². The van der Waals surface area contributed by atoms with E-state index in [4.69, 9.17) is 5.73 Å². The lowest BCUT2D eigenvalue weighted by Gasteiger charge is -2.32. The number of hydrogen-bond acceptors (Lipinski definition) is 5. The van der Waals surface area contributed by atoms with Crippen molar-refractivity contribution in [2.75, 3.05) is 31.1 Å². The van der Waals surface area contributed by atoms with Crippen molar-refractivity contribution in [2.45, 2.75) is 61.4 Å². The summed E-state index contributed by atoms with van der Waals surface area (Å²) in [5.74, 6) is 0.711. The van der Waals surface area contributed by atoms with Gasteiger partial charge in [-0.15, -0.1) is 0 Å². The van der Waals surface area contributed by atoms with Crippen LogP contribution in [-0.2, 0) is 6.54 Å². The monoisotopic (exact) mass is 446 g/mol. The predicted molar refractivity (Wildman–Crippen MR) is 134 cm³/mol. The Kier molecular flexibility index (Phi) is 5.66. The zero-order valence-corrected chi connectivity index (χ0v) is 19.7. The highest BCUT2D eigenvalue weighted by Crippen LogP contribution is 2.52. The first-order valence-corrected chi connectivity index (χ1v) is 13.3. The van der Waals surface area contributed by atoms with Gasteiger partial charge in [-0.3, -0.25) is 0 Å². The van der Waals surface area contributed by atoms with E-state index in [0.717, 1.165) is 6.54 Å². The zero-order chi connectivity index (χ0) is 21.5. The van der Waals surface area contributed by atoms with Crippen LogP contribution in [0.3, 0.4) is 0 Å². The number of thioether (sulfide) groups is 1. The van der Waals surface area contributed by atoms with Crippen molar-refractivity contribution < 1.29 is 0 Å².